The zero-order valence-corrected chi connectivity index (χ0v) is 11.2. The van der Waals surface area contributed by atoms with E-state index in [-0.39, 0.29) is 18.2 Å². The number of carbonyl (C=O) groups is 1. The number of hydrogen-bond donors (Lipinski definition) is 2. The van der Waals surface area contributed by atoms with Gasteiger partial charge in [0.15, 0.2) is 0 Å². The van der Waals surface area contributed by atoms with Crippen molar-refractivity contribution in [3.05, 3.63) is 24.0 Å². The maximum Gasteiger partial charge on any atom is 0.320 e. The Hall–Kier alpha value is -1.49. The summed E-state index contributed by atoms with van der Waals surface area (Å²) in [4.78, 5) is 19.2. The normalized spacial score (nSPS) is 32.1. The Kier molecular flexibility index (Phi) is 3.22. The molecule has 3 rings (SSSR count). The van der Waals surface area contributed by atoms with Gasteiger partial charge in [0, 0.05) is 32.0 Å². The predicted octanol–water partition coefficient (Wildman–Crippen LogP) is 1.73. The number of nitrogens with one attached hydrogen (secondary N) is 1. The molecule has 1 unspecified atom stereocenters. The highest BCUT2D eigenvalue weighted by Gasteiger charge is 2.40. The zero-order valence-electron chi connectivity index (χ0n) is 11.2. The van der Waals surface area contributed by atoms with Crippen molar-refractivity contribution >= 4 is 6.03 Å². The number of amides is 2. The monoisotopic (exact) mass is 263 g/mol. The number of aliphatic hydroxyl groups is 1. The van der Waals surface area contributed by atoms with E-state index in [9.17, 15) is 9.90 Å². The summed E-state index contributed by atoms with van der Waals surface area (Å²) < 4.78 is 0. The summed E-state index contributed by atoms with van der Waals surface area (Å²) in [5.74, 6) is 0. The molecule has 2 amide bonds. The van der Waals surface area contributed by atoms with Gasteiger partial charge in [0.05, 0.1) is 12.1 Å². The second-order valence-electron chi connectivity index (χ2n) is 5.67. The lowest BCUT2D eigenvalue weighted by Crippen LogP contribution is -2.41. The Morgan fingerprint density at radius 2 is 2.05 bits per heavy atom. The Labute approximate surface area is 113 Å². The molecular formula is C14H21N3O2. The molecule has 2 aliphatic rings. The van der Waals surface area contributed by atoms with Crippen LogP contribution >= 0.6 is 0 Å². The van der Waals surface area contributed by atoms with Crippen LogP contribution in [-0.4, -0.2) is 51.7 Å². The molecule has 0 aromatic carbocycles. The van der Waals surface area contributed by atoms with Gasteiger partial charge in [0.25, 0.3) is 0 Å². The number of carbonyl (C=O) groups excluding carboxylic acids is 1. The molecule has 1 aromatic heterocycles. The van der Waals surface area contributed by atoms with Crippen LogP contribution in [0.5, 0.6) is 0 Å². The topological polar surface area (TPSA) is 59.6 Å². The third kappa shape index (κ3) is 2.23. The number of urea groups is 1. The number of aromatic amines is 1. The van der Waals surface area contributed by atoms with Gasteiger partial charge in [-0.05, 0) is 37.3 Å². The predicted molar refractivity (Wildman–Crippen MR) is 71.7 cm³/mol. The van der Waals surface area contributed by atoms with Crippen LogP contribution < -0.4 is 0 Å². The van der Waals surface area contributed by atoms with Gasteiger partial charge < -0.3 is 19.9 Å². The number of H-pyrrole nitrogens is 1. The van der Waals surface area contributed by atoms with Crippen molar-refractivity contribution in [2.45, 2.75) is 43.9 Å². The van der Waals surface area contributed by atoms with Gasteiger partial charge in [-0.15, -0.1) is 0 Å². The Morgan fingerprint density at radius 3 is 2.68 bits per heavy atom. The van der Waals surface area contributed by atoms with Gasteiger partial charge in [0.2, 0.25) is 0 Å². The SMILES string of the molecule is CN1C(=O)N(C2CCC(O)CC2)CC1c1cc[nH]c1. The van der Waals surface area contributed by atoms with E-state index in [1.165, 1.54) is 0 Å². The standard InChI is InChI=1S/C14H21N3O2/c1-16-13(10-6-7-15-8-10)9-17(14(16)19)11-2-4-12(18)5-3-11/h6-8,11-13,15,18H,2-5,9H2,1H3. The van der Waals surface area contributed by atoms with E-state index in [0.717, 1.165) is 37.8 Å². The van der Waals surface area contributed by atoms with Crippen molar-refractivity contribution in [2.75, 3.05) is 13.6 Å². The third-order valence-corrected chi connectivity index (χ3v) is 4.50. The smallest absolute Gasteiger partial charge is 0.320 e. The van der Waals surface area contributed by atoms with E-state index in [0.29, 0.717) is 6.04 Å². The minimum absolute atomic E-state index is 0.118. The lowest BCUT2D eigenvalue weighted by Gasteiger charge is -2.32. The number of likely N-dealkylation sites (N-methyl/N-ethyl adjacent to an activating group) is 1. The van der Waals surface area contributed by atoms with Crippen molar-refractivity contribution < 1.29 is 9.90 Å². The second-order valence-corrected chi connectivity index (χ2v) is 5.67. The number of aromatic nitrogens is 1. The van der Waals surface area contributed by atoms with Gasteiger partial charge in [-0.3, -0.25) is 0 Å². The fourth-order valence-electron chi connectivity index (χ4n) is 3.27. The molecule has 1 saturated carbocycles. The maximum atomic E-state index is 12.4. The third-order valence-electron chi connectivity index (χ3n) is 4.50. The number of hydrogen-bond acceptors (Lipinski definition) is 2. The number of aliphatic hydroxyl groups excluding tert-OH is 1. The summed E-state index contributed by atoms with van der Waals surface area (Å²) >= 11 is 0. The quantitative estimate of drug-likeness (QED) is 0.853. The van der Waals surface area contributed by atoms with E-state index >= 15 is 0 Å². The van der Waals surface area contributed by atoms with Gasteiger partial charge in [0.1, 0.15) is 0 Å². The molecule has 19 heavy (non-hydrogen) atoms. The average Bonchev–Trinajstić information content (AvgIpc) is 3.02. The molecule has 5 nitrogen and oxygen atoms in total. The van der Waals surface area contributed by atoms with Crippen LogP contribution in [-0.2, 0) is 0 Å². The minimum atomic E-state index is -0.174. The molecule has 0 spiro atoms. The van der Waals surface area contributed by atoms with Gasteiger partial charge >= 0.3 is 6.03 Å². The fourth-order valence-corrected chi connectivity index (χ4v) is 3.27. The van der Waals surface area contributed by atoms with Crippen molar-refractivity contribution in [1.29, 1.82) is 0 Å². The molecule has 2 heterocycles. The van der Waals surface area contributed by atoms with Gasteiger partial charge in [-0.1, -0.05) is 0 Å². The highest BCUT2D eigenvalue weighted by Crippen LogP contribution is 2.33. The van der Waals surface area contributed by atoms with E-state index < -0.39 is 0 Å². The van der Waals surface area contributed by atoms with Crippen LogP contribution in [0.4, 0.5) is 4.79 Å². The Morgan fingerprint density at radius 1 is 1.32 bits per heavy atom. The van der Waals surface area contributed by atoms with Crippen LogP contribution in [0.3, 0.4) is 0 Å². The lowest BCUT2D eigenvalue weighted by atomic mass is 9.92. The van der Waals surface area contributed by atoms with Crippen LogP contribution in [0.15, 0.2) is 18.5 Å². The first-order chi connectivity index (χ1) is 9.16. The van der Waals surface area contributed by atoms with Crippen LogP contribution in [0.2, 0.25) is 0 Å². The lowest BCUT2D eigenvalue weighted by molar-refractivity contribution is 0.0898. The molecule has 1 aliphatic carbocycles. The molecule has 1 atom stereocenters. The molecule has 2 N–H and O–H groups in total. The van der Waals surface area contributed by atoms with Crippen molar-refractivity contribution in [2.24, 2.45) is 0 Å². The van der Waals surface area contributed by atoms with E-state index in [1.807, 2.05) is 35.3 Å². The van der Waals surface area contributed by atoms with Gasteiger partial charge in [-0.25, -0.2) is 4.79 Å². The van der Waals surface area contributed by atoms with E-state index in [4.69, 9.17) is 0 Å². The van der Waals surface area contributed by atoms with Crippen LogP contribution in [0.1, 0.15) is 37.3 Å². The van der Waals surface area contributed by atoms with Crippen LogP contribution in [0.25, 0.3) is 0 Å². The first-order valence-electron chi connectivity index (χ1n) is 7.01. The summed E-state index contributed by atoms with van der Waals surface area (Å²) in [6, 6.07) is 2.59. The maximum absolute atomic E-state index is 12.4. The summed E-state index contributed by atoms with van der Waals surface area (Å²) in [6.07, 6.45) is 7.14. The van der Waals surface area contributed by atoms with Crippen molar-refractivity contribution in [3.8, 4) is 0 Å². The average molecular weight is 263 g/mol. The molecule has 0 radical (unpaired) electrons. The summed E-state index contributed by atoms with van der Waals surface area (Å²) in [6.45, 7) is 0.758. The molecule has 0 bridgehead atoms. The van der Waals surface area contributed by atoms with Gasteiger partial charge in [-0.2, -0.15) is 0 Å². The first-order valence-corrected chi connectivity index (χ1v) is 7.01. The minimum Gasteiger partial charge on any atom is -0.393 e. The first kappa shape index (κ1) is 12.5. The molecule has 1 aromatic rings. The number of rotatable bonds is 2. The molecule has 1 saturated heterocycles. The van der Waals surface area contributed by atoms with Crippen molar-refractivity contribution in [1.82, 2.24) is 14.8 Å². The highest BCUT2D eigenvalue weighted by atomic mass is 16.3. The molecule has 2 fully saturated rings. The summed E-state index contributed by atoms with van der Waals surface area (Å²) in [7, 11) is 1.87. The molecule has 5 heteroatoms. The molecular weight excluding hydrogens is 242 g/mol. The molecule has 104 valence electrons. The van der Waals surface area contributed by atoms with E-state index in [1.54, 1.807) is 0 Å². The van der Waals surface area contributed by atoms with Crippen molar-refractivity contribution in [3.63, 3.8) is 0 Å². The second kappa shape index (κ2) is 4.89. The summed E-state index contributed by atoms with van der Waals surface area (Å²) in [5, 5.41) is 9.57. The van der Waals surface area contributed by atoms with Crippen LogP contribution in [0, 0.1) is 0 Å². The zero-order chi connectivity index (χ0) is 13.4. The summed E-state index contributed by atoms with van der Waals surface area (Å²) in [5.41, 5.74) is 1.16. The number of nitrogens with zero attached hydrogens (tertiary/aromatic N) is 2. The highest BCUT2D eigenvalue weighted by molar-refractivity contribution is 5.77. The fraction of sp³-hybridized carbons (Fsp3) is 0.643. The Bertz CT molecular complexity index is 438. The van der Waals surface area contributed by atoms with E-state index in [2.05, 4.69) is 4.98 Å². The molecule has 1 aliphatic heterocycles. The Balaban J connectivity index is 1.72. The largest absolute Gasteiger partial charge is 0.393 e.